The average Bonchev–Trinajstić information content (AvgIpc) is 3.21. The van der Waals surface area contributed by atoms with Crippen molar-refractivity contribution < 1.29 is 19.1 Å². The zero-order valence-corrected chi connectivity index (χ0v) is 15.4. The Morgan fingerprint density at radius 2 is 1.70 bits per heavy atom. The normalized spacial score (nSPS) is 10.2. The molecule has 0 atom stereocenters. The predicted octanol–water partition coefficient (Wildman–Crippen LogP) is 4.06. The molecular formula is C21H19NO4S. The molecule has 0 fully saturated rings. The first-order chi connectivity index (χ1) is 13.2. The summed E-state index contributed by atoms with van der Waals surface area (Å²) < 4.78 is 10.9. The second-order valence-corrected chi connectivity index (χ2v) is 6.70. The Labute approximate surface area is 161 Å². The first kappa shape index (κ1) is 18.7. The van der Waals surface area contributed by atoms with Crippen LogP contribution in [0.25, 0.3) is 0 Å². The second kappa shape index (κ2) is 9.54. The molecule has 0 aliphatic heterocycles. The Bertz CT molecular complexity index is 878. The van der Waals surface area contributed by atoms with Gasteiger partial charge in [0.15, 0.2) is 6.61 Å². The number of hydrogen-bond acceptors (Lipinski definition) is 5. The van der Waals surface area contributed by atoms with Crippen LogP contribution in [0.15, 0.2) is 72.1 Å². The Balaban J connectivity index is 1.51. The van der Waals surface area contributed by atoms with E-state index in [9.17, 15) is 9.59 Å². The molecule has 1 aromatic heterocycles. The van der Waals surface area contributed by atoms with Crippen LogP contribution in [-0.4, -0.2) is 25.0 Å². The number of rotatable bonds is 8. The summed E-state index contributed by atoms with van der Waals surface area (Å²) in [6.07, 6.45) is 0.755. The molecule has 0 saturated carbocycles. The third-order valence-electron chi connectivity index (χ3n) is 3.69. The molecule has 5 nitrogen and oxygen atoms in total. The van der Waals surface area contributed by atoms with Gasteiger partial charge in [-0.3, -0.25) is 4.79 Å². The smallest absolute Gasteiger partial charge is 0.342 e. The van der Waals surface area contributed by atoms with Crippen LogP contribution in [0.1, 0.15) is 15.2 Å². The Hall–Kier alpha value is -3.12. The van der Waals surface area contributed by atoms with Crippen molar-refractivity contribution in [2.24, 2.45) is 0 Å². The highest BCUT2D eigenvalue weighted by Gasteiger charge is 2.15. The summed E-state index contributed by atoms with van der Waals surface area (Å²) in [4.78, 5) is 25.4. The molecule has 6 heteroatoms. The molecule has 0 saturated heterocycles. The van der Waals surface area contributed by atoms with Crippen molar-refractivity contribution in [3.63, 3.8) is 0 Å². The van der Waals surface area contributed by atoms with Gasteiger partial charge in [-0.2, -0.15) is 0 Å². The molecule has 0 aliphatic rings. The number of para-hydroxylation sites is 2. The summed E-state index contributed by atoms with van der Waals surface area (Å²) in [6.45, 7) is 0.174. The maximum atomic E-state index is 12.3. The Morgan fingerprint density at radius 3 is 2.48 bits per heavy atom. The van der Waals surface area contributed by atoms with Crippen molar-refractivity contribution in [1.29, 1.82) is 0 Å². The Kier molecular flexibility index (Phi) is 6.60. The Morgan fingerprint density at radius 1 is 0.926 bits per heavy atom. The molecule has 0 spiro atoms. The number of benzene rings is 2. The summed E-state index contributed by atoms with van der Waals surface area (Å²) in [5.74, 6) is 0.0622. The number of thiophene rings is 1. The fourth-order valence-electron chi connectivity index (χ4n) is 2.38. The largest absolute Gasteiger partial charge is 0.456 e. The summed E-state index contributed by atoms with van der Waals surface area (Å²) in [7, 11) is 0. The van der Waals surface area contributed by atoms with Crippen molar-refractivity contribution in [3.05, 3.63) is 82.6 Å². The zero-order chi connectivity index (χ0) is 18.9. The molecule has 138 valence electrons. The lowest BCUT2D eigenvalue weighted by molar-refractivity contribution is -0.124. The van der Waals surface area contributed by atoms with E-state index in [2.05, 4.69) is 5.32 Å². The van der Waals surface area contributed by atoms with E-state index in [4.69, 9.17) is 9.47 Å². The standard InChI is InChI=1S/C21H19NO4S/c23-20(22-13-12-17-9-6-14-27-17)15-25-21(24)18-10-4-5-11-19(18)26-16-7-2-1-3-8-16/h1-11,14H,12-13,15H2,(H,22,23). The molecule has 1 heterocycles. The highest BCUT2D eigenvalue weighted by molar-refractivity contribution is 7.09. The summed E-state index contributed by atoms with van der Waals surface area (Å²) >= 11 is 1.64. The van der Waals surface area contributed by atoms with Crippen molar-refractivity contribution in [2.45, 2.75) is 6.42 Å². The monoisotopic (exact) mass is 381 g/mol. The third kappa shape index (κ3) is 5.69. The number of hydrogen-bond donors (Lipinski definition) is 1. The summed E-state index contributed by atoms with van der Waals surface area (Å²) in [5.41, 5.74) is 0.271. The van der Waals surface area contributed by atoms with Gasteiger partial charge in [0.05, 0.1) is 0 Å². The van der Waals surface area contributed by atoms with Gasteiger partial charge in [0, 0.05) is 11.4 Å². The maximum Gasteiger partial charge on any atom is 0.342 e. The molecule has 0 radical (unpaired) electrons. The van der Waals surface area contributed by atoms with Crippen LogP contribution >= 0.6 is 11.3 Å². The molecule has 2 aromatic carbocycles. The number of carbonyl (C=O) groups is 2. The van der Waals surface area contributed by atoms with Gasteiger partial charge in [-0.1, -0.05) is 36.4 Å². The minimum Gasteiger partial charge on any atom is -0.456 e. The quantitative estimate of drug-likeness (QED) is 0.598. The van der Waals surface area contributed by atoms with E-state index in [1.165, 1.54) is 4.88 Å². The van der Waals surface area contributed by atoms with Crippen LogP contribution < -0.4 is 10.1 Å². The maximum absolute atomic E-state index is 12.3. The second-order valence-electron chi connectivity index (χ2n) is 5.67. The van der Waals surface area contributed by atoms with Crippen molar-refractivity contribution in [1.82, 2.24) is 5.32 Å². The minimum atomic E-state index is -0.602. The van der Waals surface area contributed by atoms with E-state index in [1.54, 1.807) is 47.7 Å². The predicted molar refractivity (Wildman–Crippen MR) is 104 cm³/mol. The lowest BCUT2D eigenvalue weighted by atomic mass is 10.2. The van der Waals surface area contributed by atoms with E-state index in [0.717, 1.165) is 6.42 Å². The number of nitrogens with one attached hydrogen (secondary N) is 1. The first-order valence-electron chi connectivity index (χ1n) is 8.50. The summed E-state index contributed by atoms with van der Waals surface area (Å²) in [5, 5.41) is 4.74. The fourth-order valence-corrected chi connectivity index (χ4v) is 3.09. The molecule has 0 bridgehead atoms. The SMILES string of the molecule is O=C(COC(=O)c1ccccc1Oc1ccccc1)NCCc1cccs1. The molecule has 27 heavy (non-hydrogen) atoms. The summed E-state index contributed by atoms with van der Waals surface area (Å²) in [6, 6.07) is 19.9. The van der Waals surface area contributed by atoms with Crippen LogP contribution in [0.3, 0.4) is 0 Å². The van der Waals surface area contributed by atoms with Crippen LogP contribution in [-0.2, 0) is 16.0 Å². The van der Waals surface area contributed by atoms with E-state index < -0.39 is 5.97 Å². The molecule has 0 unspecified atom stereocenters. The molecular weight excluding hydrogens is 362 g/mol. The van der Waals surface area contributed by atoms with Gasteiger partial charge in [-0.25, -0.2) is 4.79 Å². The number of ether oxygens (including phenoxy) is 2. The third-order valence-corrected chi connectivity index (χ3v) is 4.62. The molecule has 1 amide bonds. The molecule has 1 N–H and O–H groups in total. The molecule has 0 aliphatic carbocycles. The van der Waals surface area contributed by atoms with Gasteiger partial charge >= 0.3 is 5.97 Å². The van der Waals surface area contributed by atoms with E-state index in [-0.39, 0.29) is 18.1 Å². The minimum absolute atomic E-state index is 0.271. The molecule has 3 rings (SSSR count). The lowest BCUT2D eigenvalue weighted by Gasteiger charge is -2.11. The zero-order valence-electron chi connectivity index (χ0n) is 14.6. The van der Waals surface area contributed by atoms with Gasteiger partial charge < -0.3 is 14.8 Å². The van der Waals surface area contributed by atoms with Gasteiger partial charge in [-0.15, -0.1) is 11.3 Å². The van der Waals surface area contributed by atoms with Gasteiger partial charge in [0.1, 0.15) is 17.1 Å². The van der Waals surface area contributed by atoms with Gasteiger partial charge in [0.25, 0.3) is 5.91 Å². The van der Waals surface area contributed by atoms with E-state index in [1.807, 2.05) is 35.7 Å². The first-order valence-corrected chi connectivity index (χ1v) is 9.38. The number of carbonyl (C=O) groups excluding carboxylic acids is 2. The highest BCUT2D eigenvalue weighted by atomic mass is 32.1. The van der Waals surface area contributed by atoms with Gasteiger partial charge in [0.2, 0.25) is 0 Å². The van der Waals surface area contributed by atoms with Crippen molar-refractivity contribution in [3.8, 4) is 11.5 Å². The van der Waals surface area contributed by atoms with Crippen molar-refractivity contribution in [2.75, 3.05) is 13.2 Å². The van der Waals surface area contributed by atoms with E-state index >= 15 is 0 Å². The van der Waals surface area contributed by atoms with Gasteiger partial charge in [-0.05, 0) is 42.1 Å². The van der Waals surface area contributed by atoms with Crippen LogP contribution in [0.2, 0.25) is 0 Å². The fraction of sp³-hybridized carbons (Fsp3) is 0.143. The lowest BCUT2D eigenvalue weighted by Crippen LogP contribution is -2.30. The number of esters is 1. The van der Waals surface area contributed by atoms with Crippen LogP contribution in [0.4, 0.5) is 0 Å². The van der Waals surface area contributed by atoms with E-state index in [0.29, 0.717) is 18.0 Å². The number of amides is 1. The van der Waals surface area contributed by atoms with Crippen LogP contribution in [0.5, 0.6) is 11.5 Å². The molecule has 3 aromatic rings. The average molecular weight is 381 g/mol. The topological polar surface area (TPSA) is 64.6 Å². The van der Waals surface area contributed by atoms with Crippen molar-refractivity contribution >= 4 is 23.2 Å². The van der Waals surface area contributed by atoms with Crippen LogP contribution in [0, 0.1) is 0 Å². The highest BCUT2D eigenvalue weighted by Crippen LogP contribution is 2.25.